The van der Waals surface area contributed by atoms with Gasteiger partial charge in [0.2, 0.25) is 5.91 Å². The molecule has 0 spiro atoms. The summed E-state index contributed by atoms with van der Waals surface area (Å²) in [5.41, 5.74) is 4.82. The number of amides is 1. The van der Waals surface area contributed by atoms with Crippen molar-refractivity contribution in [2.45, 2.75) is 5.92 Å². The van der Waals surface area contributed by atoms with Crippen LogP contribution in [0.3, 0.4) is 0 Å². The summed E-state index contributed by atoms with van der Waals surface area (Å²) >= 11 is 0. The van der Waals surface area contributed by atoms with Crippen molar-refractivity contribution in [1.29, 1.82) is 0 Å². The van der Waals surface area contributed by atoms with Crippen LogP contribution in [-0.4, -0.2) is 25.0 Å². The lowest BCUT2D eigenvalue weighted by Gasteiger charge is -2.20. The molecule has 0 fully saturated rings. The molecular weight excluding hydrogens is 236 g/mol. The summed E-state index contributed by atoms with van der Waals surface area (Å²) in [5, 5.41) is 1.67. The number of hydrogen-bond acceptors (Lipinski definition) is 2. The molecule has 1 N–H and O–H groups in total. The van der Waals surface area contributed by atoms with E-state index in [2.05, 4.69) is 5.43 Å². The lowest BCUT2D eigenvalue weighted by molar-refractivity contribution is -0.125. The van der Waals surface area contributed by atoms with E-state index in [4.69, 9.17) is 0 Å². The summed E-state index contributed by atoms with van der Waals surface area (Å²) in [4.78, 5) is 12.4. The minimum Gasteiger partial charge on any atom is -0.289 e. The van der Waals surface area contributed by atoms with Crippen molar-refractivity contribution in [2.24, 2.45) is 0 Å². The van der Waals surface area contributed by atoms with Crippen LogP contribution in [0.15, 0.2) is 60.7 Å². The van der Waals surface area contributed by atoms with Crippen molar-refractivity contribution in [3.8, 4) is 0 Å². The molecule has 0 aromatic heterocycles. The molecule has 2 aromatic carbocycles. The van der Waals surface area contributed by atoms with Gasteiger partial charge in [-0.15, -0.1) is 0 Å². The summed E-state index contributed by atoms with van der Waals surface area (Å²) in [6, 6.07) is 19.6. The van der Waals surface area contributed by atoms with Gasteiger partial charge in [-0.2, -0.15) is 0 Å². The average Bonchev–Trinajstić information content (AvgIpc) is 2.40. The van der Waals surface area contributed by atoms with E-state index in [1.807, 2.05) is 74.8 Å². The highest BCUT2D eigenvalue weighted by molar-refractivity contribution is 5.86. The highest BCUT2D eigenvalue weighted by atomic mass is 16.2. The molecule has 0 aliphatic carbocycles. The minimum atomic E-state index is -0.287. The highest BCUT2D eigenvalue weighted by Gasteiger charge is 2.22. The van der Waals surface area contributed by atoms with E-state index in [1.165, 1.54) is 0 Å². The molecule has 3 heteroatoms. The van der Waals surface area contributed by atoms with Crippen LogP contribution in [0, 0.1) is 0 Å². The number of rotatable bonds is 4. The van der Waals surface area contributed by atoms with E-state index in [-0.39, 0.29) is 11.8 Å². The number of nitrogens with zero attached hydrogens (tertiary/aromatic N) is 1. The molecule has 3 nitrogen and oxygen atoms in total. The van der Waals surface area contributed by atoms with Gasteiger partial charge >= 0.3 is 0 Å². The first-order chi connectivity index (χ1) is 9.18. The zero-order chi connectivity index (χ0) is 13.7. The maximum absolute atomic E-state index is 12.4. The van der Waals surface area contributed by atoms with Crippen LogP contribution in [0.5, 0.6) is 0 Å². The van der Waals surface area contributed by atoms with E-state index in [0.29, 0.717) is 0 Å². The van der Waals surface area contributed by atoms with Crippen LogP contribution in [0.4, 0.5) is 0 Å². The second-order valence-corrected chi connectivity index (χ2v) is 4.62. The van der Waals surface area contributed by atoms with Gasteiger partial charge in [-0.1, -0.05) is 60.7 Å². The van der Waals surface area contributed by atoms with Crippen molar-refractivity contribution >= 4 is 5.91 Å². The van der Waals surface area contributed by atoms with Gasteiger partial charge in [-0.05, 0) is 11.1 Å². The fourth-order valence-corrected chi connectivity index (χ4v) is 2.07. The quantitative estimate of drug-likeness (QED) is 0.850. The van der Waals surface area contributed by atoms with Crippen LogP contribution in [0.1, 0.15) is 17.0 Å². The van der Waals surface area contributed by atoms with Gasteiger partial charge in [0.15, 0.2) is 0 Å². The molecule has 1 amide bonds. The Morgan fingerprint density at radius 1 is 0.895 bits per heavy atom. The smallest absolute Gasteiger partial charge is 0.246 e. The van der Waals surface area contributed by atoms with Gasteiger partial charge in [-0.3, -0.25) is 10.2 Å². The third-order valence-corrected chi connectivity index (χ3v) is 2.86. The molecule has 0 radical (unpaired) electrons. The lowest BCUT2D eigenvalue weighted by atomic mass is 9.91. The molecule has 2 aromatic rings. The second kappa shape index (κ2) is 6.16. The van der Waals surface area contributed by atoms with Crippen molar-refractivity contribution in [1.82, 2.24) is 10.4 Å². The van der Waals surface area contributed by atoms with Gasteiger partial charge in [0.1, 0.15) is 0 Å². The van der Waals surface area contributed by atoms with Crippen LogP contribution in [0.25, 0.3) is 0 Å². The SMILES string of the molecule is CN(C)NC(=O)C(c1ccccc1)c1ccccc1. The monoisotopic (exact) mass is 254 g/mol. The average molecular weight is 254 g/mol. The summed E-state index contributed by atoms with van der Waals surface area (Å²) in [6.07, 6.45) is 0. The predicted molar refractivity (Wildman–Crippen MR) is 76.6 cm³/mol. The maximum Gasteiger partial charge on any atom is 0.246 e. The maximum atomic E-state index is 12.4. The van der Waals surface area contributed by atoms with Crippen molar-refractivity contribution < 1.29 is 4.79 Å². The third kappa shape index (κ3) is 3.42. The van der Waals surface area contributed by atoms with Gasteiger partial charge in [0.25, 0.3) is 0 Å². The fourth-order valence-electron chi connectivity index (χ4n) is 2.07. The molecule has 2 rings (SSSR count). The first-order valence-electron chi connectivity index (χ1n) is 6.26. The third-order valence-electron chi connectivity index (χ3n) is 2.86. The number of benzene rings is 2. The topological polar surface area (TPSA) is 32.3 Å². The Hall–Kier alpha value is -2.13. The Labute approximate surface area is 113 Å². The molecule has 19 heavy (non-hydrogen) atoms. The van der Waals surface area contributed by atoms with Crippen LogP contribution in [0.2, 0.25) is 0 Å². The number of hydrazine groups is 1. The van der Waals surface area contributed by atoms with E-state index in [0.717, 1.165) is 11.1 Å². The van der Waals surface area contributed by atoms with Crippen molar-refractivity contribution in [3.63, 3.8) is 0 Å². The minimum absolute atomic E-state index is 0.0256. The number of hydrogen-bond donors (Lipinski definition) is 1. The highest BCUT2D eigenvalue weighted by Crippen LogP contribution is 2.24. The molecule has 0 aliphatic rings. The standard InChI is InChI=1S/C16H18N2O/c1-18(2)17-16(19)15(13-9-5-3-6-10-13)14-11-7-4-8-12-14/h3-12,15H,1-2H3,(H,17,19). The Bertz CT molecular complexity index is 483. The molecule has 0 saturated carbocycles. The van der Waals surface area contributed by atoms with E-state index >= 15 is 0 Å². The molecule has 0 bridgehead atoms. The Kier molecular flexibility index (Phi) is 4.31. The van der Waals surface area contributed by atoms with Crippen LogP contribution < -0.4 is 5.43 Å². The lowest BCUT2D eigenvalue weighted by Crippen LogP contribution is -2.39. The molecule has 0 unspecified atom stereocenters. The van der Waals surface area contributed by atoms with Crippen molar-refractivity contribution in [3.05, 3.63) is 71.8 Å². The van der Waals surface area contributed by atoms with E-state index in [9.17, 15) is 4.79 Å². The van der Waals surface area contributed by atoms with Gasteiger partial charge < -0.3 is 0 Å². The molecular formula is C16H18N2O. The number of nitrogens with one attached hydrogen (secondary N) is 1. The van der Waals surface area contributed by atoms with Crippen LogP contribution in [-0.2, 0) is 4.79 Å². The van der Waals surface area contributed by atoms with E-state index in [1.54, 1.807) is 5.01 Å². The summed E-state index contributed by atoms with van der Waals surface area (Å²) < 4.78 is 0. The van der Waals surface area contributed by atoms with Gasteiger partial charge in [-0.25, -0.2) is 5.01 Å². The summed E-state index contributed by atoms with van der Waals surface area (Å²) in [7, 11) is 3.62. The van der Waals surface area contributed by atoms with E-state index < -0.39 is 0 Å². The van der Waals surface area contributed by atoms with Gasteiger partial charge in [0.05, 0.1) is 5.92 Å². The van der Waals surface area contributed by atoms with Crippen LogP contribution >= 0.6 is 0 Å². The molecule has 0 heterocycles. The normalized spacial score (nSPS) is 10.7. The molecule has 0 aliphatic heterocycles. The number of carbonyl (C=O) groups is 1. The largest absolute Gasteiger partial charge is 0.289 e. The molecule has 98 valence electrons. The zero-order valence-corrected chi connectivity index (χ0v) is 11.2. The van der Waals surface area contributed by atoms with Crippen molar-refractivity contribution in [2.75, 3.05) is 14.1 Å². The summed E-state index contributed by atoms with van der Waals surface area (Å²) in [6.45, 7) is 0. The predicted octanol–water partition coefficient (Wildman–Crippen LogP) is 2.41. The summed E-state index contributed by atoms with van der Waals surface area (Å²) in [5.74, 6) is -0.313. The second-order valence-electron chi connectivity index (χ2n) is 4.62. The Morgan fingerprint density at radius 2 is 1.32 bits per heavy atom. The molecule has 0 saturated heterocycles. The Morgan fingerprint density at radius 3 is 1.68 bits per heavy atom. The van der Waals surface area contributed by atoms with Gasteiger partial charge in [0, 0.05) is 14.1 Å². The molecule has 0 atom stereocenters. The fraction of sp³-hybridized carbons (Fsp3) is 0.188. The zero-order valence-electron chi connectivity index (χ0n) is 11.2. The Balaban J connectivity index is 2.37. The first kappa shape index (κ1) is 13.3. The number of carbonyl (C=O) groups excluding carboxylic acids is 1. The first-order valence-corrected chi connectivity index (χ1v) is 6.26.